The summed E-state index contributed by atoms with van der Waals surface area (Å²) < 4.78 is 5.32. The van der Waals surface area contributed by atoms with Gasteiger partial charge in [0.05, 0.1) is 13.2 Å². The van der Waals surface area contributed by atoms with Crippen LogP contribution in [0.1, 0.15) is 19.8 Å². The molecule has 0 spiro atoms. The number of terminal acetylenes is 1. The number of rotatable bonds is 3. The van der Waals surface area contributed by atoms with Gasteiger partial charge in [0.25, 0.3) is 0 Å². The molecule has 0 aromatic rings. The first-order valence-electron chi connectivity index (χ1n) is 4.09. The summed E-state index contributed by atoms with van der Waals surface area (Å²) >= 11 is 0. The Bertz CT molecular complexity index is 153. The van der Waals surface area contributed by atoms with Crippen molar-refractivity contribution in [1.82, 2.24) is 5.32 Å². The summed E-state index contributed by atoms with van der Waals surface area (Å²) in [6, 6.07) is 0. The van der Waals surface area contributed by atoms with Gasteiger partial charge in [-0.05, 0) is 12.8 Å². The molecule has 0 aromatic carbocycles. The summed E-state index contributed by atoms with van der Waals surface area (Å²) in [6.07, 6.45) is 7.35. The fourth-order valence-corrected chi connectivity index (χ4v) is 1.39. The van der Waals surface area contributed by atoms with Crippen LogP contribution in [0.5, 0.6) is 0 Å². The Balaban J connectivity index is 2.40. The third-order valence-corrected chi connectivity index (χ3v) is 2.35. The van der Waals surface area contributed by atoms with Crippen LogP contribution < -0.4 is 5.32 Å². The number of ether oxygens (including phenoxy) is 1. The SMILES string of the molecule is C#CCNC1(CC)CCOC1. The number of nitrogens with one attached hydrogen (secondary N) is 1. The van der Waals surface area contributed by atoms with Crippen molar-refractivity contribution in [2.45, 2.75) is 25.3 Å². The van der Waals surface area contributed by atoms with Gasteiger partial charge in [-0.3, -0.25) is 5.32 Å². The Morgan fingerprint density at radius 2 is 2.55 bits per heavy atom. The molecule has 0 amide bonds. The van der Waals surface area contributed by atoms with E-state index in [0.29, 0.717) is 6.54 Å². The monoisotopic (exact) mass is 153 g/mol. The van der Waals surface area contributed by atoms with Crippen LogP contribution in [0.3, 0.4) is 0 Å². The molecule has 1 aliphatic heterocycles. The Labute approximate surface area is 68.3 Å². The van der Waals surface area contributed by atoms with Gasteiger partial charge >= 0.3 is 0 Å². The van der Waals surface area contributed by atoms with Gasteiger partial charge in [-0.25, -0.2) is 0 Å². The Kier molecular flexibility index (Phi) is 2.92. The Morgan fingerprint density at radius 3 is 3.00 bits per heavy atom. The summed E-state index contributed by atoms with van der Waals surface area (Å²) in [6.45, 7) is 4.49. The first-order chi connectivity index (χ1) is 5.33. The van der Waals surface area contributed by atoms with Crippen molar-refractivity contribution in [1.29, 1.82) is 0 Å². The molecule has 1 N–H and O–H groups in total. The molecule has 2 heteroatoms. The van der Waals surface area contributed by atoms with Crippen LogP contribution in [-0.4, -0.2) is 25.3 Å². The van der Waals surface area contributed by atoms with Gasteiger partial charge in [0.1, 0.15) is 0 Å². The molecule has 0 saturated carbocycles. The van der Waals surface area contributed by atoms with Gasteiger partial charge in [-0.15, -0.1) is 6.42 Å². The minimum absolute atomic E-state index is 0.173. The fourth-order valence-electron chi connectivity index (χ4n) is 1.39. The molecule has 62 valence electrons. The Morgan fingerprint density at radius 1 is 1.73 bits per heavy atom. The lowest BCUT2D eigenvalue weighted by atomic mass is 9.95. The zero-order chi connectivity index (χ0) is 8.16. The van der Waals surface area contributed by atoms with Crippen LogP contribution >= 0.6 is 0 Å². The molecule has 1 aliphatic rings. The maximum Gasteiger partial charge on any atom is 0.0649 e. The molecule has 0 aliphatic carbocycles. The molecule has 0 aromatic heterocycles. The van der Waals surface area contributed by atoms with Crippen molar-refractivity contribution in [2.24, 2.45) is 0 Å². The zero-order valence-corrected chi connectivity index (χ0v) is 7.02. The van der Waals surface area contributed by atoms with Crippen molar-refractivity contribution < 1.29 is 4.74 Å². The lowest BCUT2D eigenvalue weighted by molar-refractivity contribution is 0.166. The van der Waals surface area contributed by atoms with Gasteiger partial charge in [-0.1, -0.05) is 12.8 Å². The molecule has 11 heavy (non-hydrogen) atoms. The molecule has 1 heterocycles. The van der Waals surface area contributed by atoms with E-state index in [1.54, 1.807) is 0 Å². The molecule has 1 fully saturated rings. The second-order valence-electron chi connectivity index (χ2n) is 2.99. The quantitative estimate of drug-likeness (QED) is 0.605. The second-order valence-corrected chi connectivity index (χ2v) is 2.99. The van der Waals surface area contributed by atoms with Crippen LogP contribution in [0.25, 0.3) is 0 Å². The van der Waals surface area contributed by atoms with Crippen LogP contribution in [0, 0.1) is 12.3 Å². The molecule has 1 atom stereocenters. The summed E-state index contributed by atoms with van der Waals surface area (Å²) in [5.41, 5.74) is 0.173. The molecule has 0 radical (unpaired) electrons. The largest absolute Gasteiger partial charge is 0.379 e. The Hall–Kier alpha value is -0.520. The van der Waals surface area contributed by atoms with Crippen LogP contribution in [0.2, 0.25) is 0 Å². The second kappa shape index (κ2) is 3.75. The molecule has 1 rings (SSSR count). The van der Waals surface area contributed by atoms with E-state index in [-0.39, 0.29) is 5.54 Å². The van der Waals surface area contributed by atoms with Gasteiger partial charge in [0.15, 0.2) is 0 Å². The van der Waals surface area contributed by atoms with E-state index in [9.17, 15) is 0 Å². The predicted octanol–water partition coefficient (Wildman–Crippen LogP) is 0.778. The van der Waals surface area contributed by atoms with Gasteiger partial charge in [0.2, 0.25) is 0 Å². The highest BCUT2D eigenvalue weighted by molar-refractivity contribution is 4.96. The molecule has 0 bridgehead atoms. The predicted molar refractivity (Wildman–Crippen MR) is 45.3 cm³/mol. The maximum absolute atomic E-state index is 5.32. The standard InChI is InChI=1S/C9H15NO/c1-3-6-10-9(4-2)5-7-11-8-9/h1,10H,4-8H2,2H3. The number of hydrogen-bond donors (Lipinski definition) is 1. The van der Waals surface area contributed by atoms with E-state index in [4.69, 9.17) is 11.2 Å². The maximum atomic E-state index is 5.32. The van der Waals surface area contributed by atoms with Crippen molar-refractivity contribution in [3.8, 4) is 12.3 Å². The van der Waals surface area contributed by atoms with Crippen LogP contribution in [-0.2, 0) is 4.74 Å². The topological polar surface area (TPSA) is 21.3 Å². The molecular formula is C9H15NO. The van der Waals surface area contributed by atoms with E-state index in [2.05, 4.69) is 18.2 Å². The van der Waals surface area contributed by atoms with Crippen molar-refractivity contribution in [3.05, 3.63) is 0 Å². The molecule has 1 saturated heterocycles. The summed E-state index contributed by atoms with van der Waals surface area (Å²) in [7, 11) is 0. The van der Waals surface area contributed by atoms with Crippen LogP contribution in [0.4, 0.5) is 0 Å². The smallest absolute Gasteiger partial charge is 0.0649 e. The minimum Gasteiger partial charge on any atom is -0.379 e. The first-order valence-corrected chi connectivity index (χ1v) is 4.09. The van der Waals surface area contributed by atoms with E-state index < -0.39 is 0 Å². The number of hydrogen-bond acceptors (Lipinski definition) is 2. The van der Waals surface area contributed by atoms with Gasteiger partial charge in [-0.2, -0.15) is 0 Å². The highest BCUT2D eigenvalue weighted by Crippen LogP contribution is 2.21. The summed E-state index contributed by atoms with van der Waals surface area (Å²) in [5, 5.41) is 3.33. The minimum atomic E-state index is 0.173. The molecule has 2 nitrogen and oxygen atoms in total. The molecule has 1 unspecified atom stereocenters. The zero-order valence-electron chi connectivity index (χ0n) is 7.02. The lowest BCUT2D eigenvalue weighted by Crippen LogP contribution is -2.45. The van der Waals surface area contributed by atoms with Crippen molar-refractivity contribution in [3.63, 3.8) is 0 Å². The van der Waals surface area contributed by atoms with Crippen LogP contribution in [0.15, 0.2) is 0 Å². The first kappa shape index (κ1) is 8.58. The highest BCUT2D eigenvalue weighted by atomic mass is 16.5. The highest BCUT2D eigenvalue weighted by Gasteiger charge is 2.31. The normalized spacial score (nSPS) is 30.2. The van der Waals surface area contributed by atoms with E-state index in [0.717, 1.165) is 26.1 Å². The van der Waals surface area contributed by atoms with E-state index >= 15 is 0 Å². The van der Waals surface area contributed by atoms with Gasteiger partial charge < -0.3 is 4.74 Å². The van der Waals surface area contributed by atoms with E-state index in [1.165, 1.54) is 0 Å². The average molecular weight is 153 g/mol. The third kappa shape index (κ3) is 1.95. The average Bonchev–Trinajstić information content (AvgIpc) is 2.50. The van der Waals surface area contributed by atoms with E-state index in [1.807, 2.05) is 0 Å². The van der Waals surface area contributed by atoms with Crippen molar-refractivity contribution in [2.75, 3.05) is 19.8 Å². The third-order valence-electron chi connectivity index (χ3n) is 2.35. The summed E-state index contributed by atoms with van der Waals surface area (Å²) in [4.78, 5) is 0. The van der Waals surface area contributed by atoms with Crippen molar-refractivity contribution >= 4 is 0 Å². The van der Waals surface area contributed by atoms with Gasteiger partial charge in [0, 0.05) is 12.1 Å². The lowest BCUT2D eigenvalue weighted by Gasteiger charge is -2.25. The fraction of sp³-hybridized carbons (Fsp3) is 0.778. The molecular weight excluding hydrogens is 138 g/mol. The summed E-state index contributed by atoms with van der Waals surface area (Å²) in [5.74, 6) is 2.59.